The largest absolute Gasteiger partial charge is 0.383 e. The average Bonchev–Trinajstić information content (AvgIpc) is 2.53. The normalized spacial score (nSPS) is 10.2. The lowest BCUT2D eigenvalue weighted by atomic mass is 10.1. The number of carbonyl (C=O) groups is 1. The van der Waals surface area contributed by atoms with Crippen molar-refractivity contribution in [3.63, 3.8) is 0 Å². The molecule has 0 atom stereocenters. The second-order valence-corrected chi connectivity index (χ2v) is 4.99. The highest BCUT2D eigenvalue weighted by molar-refractivity contribution is 5.99. The Balaban J connectivity index is 2.12. The van der Waals surface area contributed by atoms with E-state index in [1.165, 1.54) is 0 Å². The number of rotatable bonds is 6. The van der Waals surface area contributed by atoms with Crippen molar-refractivity contribution in [2.24, 2.45) is 0 Å². The molecule has 1 aromatic heterocycles. The molecule has 2 rings (SSSR count). The van der Waals surface area contributed by atoms with Crippen LogP contribution in [0.25, 0.3) is 0 Å². The van der Waals surface area contributed by atoms with Crippen LogP contribution in [0.3, 0.4) is 0 Å². The van der Waals surface area contributed by atoms with Gasteiger partial charge in [-0.1, -0.05) is 37.3 Å². The van der Waals surface area contributed by atoms with Crippen LogP contribution in [-0.4, -0.2) is 29.4 Å². The molecule has 0 radical (unpaired) electrons. The van der Waals surface area contributed by atoms with E-state index < -0.39 is 0 Å². The number of carbonyl (C=O) groups excluding carboxylic acids is 1. The molecular formula is C17H21N3O. The monoisotopic (exact) mass is 283 g/mol. The van der Waals surface area contributed by atoms with E-state index in [0.717, 1.165) is 24.2 Å². The van der Waals surface area contributed by atoms with Crippen LogP contribution in [0, 0.1) is 0 Å². The third-order valence-corrected chi connectivity index (χ3v) is 3.23. The van der Waals surface area contributed by atoms with Crippen LogP contribution in [0.5, 0.6) is 0 Å². The van der Waals surface area contributed by atoms with Crippen LogP contribution >= 0.6 is 0 Å². The van der Waals surface area contributed by atoms with E-state index >= 15 is 0 Å². The molecule has 0 aliphatic heterocycles. The van der Waals surface area contributed by atoms with E-state index in [2.05, 4.69) is 17.2 Å². The zero-order valence-electron chi connectivity index (χ0n) is 12.5. The van der Waals surface area contributed by atoms with Crippen LogP contribution < -0.4 is 5.32 Å². The van der Waals surface area contributed by atoms with E-state index in [4.69, 9.17) is 0 Å². The van der Waals surface area contributed by atoms with Crippen LogP contribution in [0.1, 0.15) is 29.3 Å². The molecule has 0 spiro atoms. The molecule has 0 saturated heterocycles. The summed E-state index contributed by atoms with van der Waals surface area (Å²) in [5, 5.41) is 3.25. The fraction of sp³-hybridized carbons (Fsp3) is 0.294. The minimum absolute atomic E-state index is 0.000133. The first kappa shape index (κ1) is 15.0. The molecule has 0 saturated carbocycles. The molecular weight excluding hydrogens is 262 g/mol. The number of nitrogens with one attached hydrogen (secondary N) is 1. The van der Waals surface area contributed by atoms with Crippen molar-refractivity contribution >= 4 is 11.6 Å². The molecule has 0 fully saturated rings. The first-order chi connectivity index (χ1) is 10.2. The van der Waals surface area contributed by atoms with Crippen molar-refractivity contribution in [2.75, 3.05) is 18.9 Å². The maximum Gasteiger partial charge on any atom is 0.256 e. The molecule has 1 aromatic carbocycles. The van der Waals surface area contributed by atoms with Gasteiger partial charge in [-0.2, -0.15) is 0 Å². The molecule has 2 aromatic rings. The van der Waals surface area contributed by atoms with E-state index in [1.807, 2.05) is 37.4 Å². The van der Waals surface area contributed by atoms with Crippen LogP contribution in [0.2, 0.25) is 0 Å². The Bertz CT molecular complexity index is 584. The third kappa shape index (κ3) is 4.05. The first-order valence-electron chi connectivity index (χ1n) is 7.19. The third-order valence-electron chi connectivity index (χ3n) is 3.23. The topological polar surface area (TPSA) is 45.2 Å². The van der Waals surface area contributed by atoms with E-state index in [1.54, 1.807) is 23.4 Å². The van der Waals surface area contributed by atoms with E-state index in [-0.39, 0.29) is 5.91 Å². The van der Waals surface area contributed by atoms with Crippen LogP contribution in [0.4, 0.5) is 5.69 Å². The highest BCUT2D eigenvalue weighted by Gasteiger charge is 2.15. The summed E-state index contributed by atoms with van der Waals surface area (Å²) in [5.74, 6) is -0.000133. The number of hydrogen-bond donors (Lipinski definition) is 1. The summed E-state index contributed by atoms with van der Waals surface area (Å²) in [6.45, 7) is 3.51. The van der Waals surface area contributed by atoms with Gasteiger partial charge in [0.15, 0.2) is 0 Å². The number of anilines is 1. The standard InChI is InChI=1S/C17H21N3O/c1-3-10-19-16-12-18-11-9-15(16)17(21)20(2)13-14-7-5-4-6-8-14/h4-9,11-12,19H,3,10,13H2,1-2H3. The highest BCUT2D eigenvalue weighted by atomic mass is 16.2. The SMILES string of the molecule is CCCNc1cnccc1C(=O)N(C)Cc1ccccc1. The Kier molecular flexibility index (Phi) is 5.32. The number of amides is 1. The fourth-order valence-electron chi connectivity index (χ4n) is 2.12. The molecule has 4 heteroatoms. The number of pyridine rings is 1. The van der Waals surface area contributed by atoms with Crippen molar-refractivity contribution in [1.29, 1.82) is 0 Å². The molecule has 1 heterocycles. The summed E-state index contributed by atoms with van der Waals surface area (Å²) in [4.78, 5) is 18.4. The van der Waals surface area contributed by atoms with Gasteiger partial charge in [-0.25, -0.2) is 0 Å². The maximum atomic E-state index is 12.6. The Morgan fingerprint density at radius 2 is 2.00 bits per heavy atom. The summed E-state index contributed by atoms with van der Waals surface area (Å²) in [6, 6.07) is 11.7. The predicted octanol–water partition coefficient (Wildman–Crippen LogP) is 3.18. The van der Waals surface area contributed by atoms with Gasteiger partial charge in [0.25, 0.3) is 5.91 Å². The molecule has 0 aliphatic rings. The van der Waals surface area contributed by atoms with Crippen LogP contribution in [0.15, 0.2) is 48.8 Å². The fourth-order valence-corrected chi connectivity index (χ4v) is 2.12. The van der Waals surface area contributed by atoms with Gasteiger partial charge in [-0.3, -0.25) is 9.78 Å². The molecule has 0 bridgehead atoms. The Morgan fingerprint density at radius 3 is 2.71 bits per heavy atom. The van der Waals surface area contributed by atoms with Gasteiger partial charge in [0, 0.05) is 26.3 Å². The molecule has 4 nitrogen and oxygen atoms in total. The zero-order valence-corrected chi connectivity index (χ0v) is 12.5. The number of nitrogens with zero attached hydrogens (tertiary/aromatic N) is 2. The van der Waals surface area contributed by atoms with Gasteiger partial charge in [-0.05, 0) is 18.1 Å². The van der Waals surface area contributed by atoms with Crippen molar-refractivity contribution in [1.82, 2.24) is 9.88 Å². The van der Waals surface area contributed by atoms with Gasteiger partial charge in [-0.15, -0.1) is 0 Å². The van der Waals surface area contributed by atoms with Crippen molar-refractivity contribution in [2.45, 2.75) is 19.9 Å². The summed E-state index contributed by atoms with van der Waals surface area (Å²) in [7, 11) is 1.82. The highest BCUT2D eigenvalue weighted by Crippen LogP contribution is 2.16. The maximum absolute atomic E-state index is 12.6. The molecule has 0 unspecified atom stereocenters. The molecule has 0 aliphatic carbocycles. The molecule has 21 heavy (non-hydrogen) atoms. The zero-order chi connectivity index (χ0) is 15.1. The molecule has 110 valence electrons. The Morgan fingerprint density at radius 1 is 1.24 bits per heavy atom. The predicted molar refractivity (Wildman–Crippen MR) is 85.3 cm³/mol. The Hall–Kier alpha value is -2.36. The smallest absolute Gasteiger partial charge is 0.256 e. The van der Waals surface area contributed by atoms with E-state index in [9.17, 15) is 4.79 Å². The summed E-state index contributed by atoms with van der Waals surface area (Å²) >= 11 is 0. The van der Waals surface area contributed by atoms with Gasteiger partial charge in [0.2, 0.25) is 0 Å². The van der Waals surface area contributed by atoms with Crippen molar-refractivity contribution in [3.8, 4) is 0 Å². The lowest BCUT2D eigenvalue weighted by molar-refractivity contribution is 0.0786. The lowest BCUT2D eigenvalue weighted by Gasteiger charge is -2.19. The van der Waals surface area contributed by atoms with Gasteiger partial charge in [0.1, 0.15) is 0 Å². The average molecular weight is 283 g/mol. The summed E-state index contributed by atoms with van der Waals surface area (Å²) in [6.07, 6.45) is 4.36. The molecule has 1 N–H and O–H groups in total. The summed E-state index contributed by atoms with van der Waals surface area (Å²) in [5.41, 5.74) is 2.58. The van der Waals surface area contributed by atoms with Crippen molar-refractivity contribution < 1.29 is 4.79 Å². The molecule has 1 amide bonds. The van der Waals surface area contributed by atoms with Crippen molar-refractivity contribution in [3.05, 3.63) is 59.9 Å². The lowest BCUT2D eigenvalue weighted by Crippen LogP contribution is -2.27. The van der Waals surface area contributed by atoms with Gasteiger partial charge in [0.05, 0.1) is 17.4 Å². The van der Waals surface area contributed by atoms with E-state index in [0.29, 0.717) is 12.1 Å². The number of hydrogen-bond acceptors (Lipinski definition) is 3. The minimum atomic E-state index is -0.000133. The van der Waals surface area contributed by atoms with Gasteiger partial charge < -0.3 is 10.2 Å². The second-order valence-electron chi connectivity index (χ2n) is 4.99. The second kappa shape index (κ2) is 7.43. The van der Waals surface area contributed by atoms with Crippen LogP contribution in [-0.2, 0) is 6.54 Å². The Labute approximate surface area is 125 Å². The first-order valence-corrected chi connectivity index (χ1v) is 7.19. The number of aromatic nitrogens is 1. The number of benzene rings is 1. The summed E-state index contributed by atoms with van der Waals surface area (Å²) < 4.78 is 0. The van der Waals surface area contributed by atoms with Gasteiger partial charge >= 0.3 is 0 Å². The minimum Gasteiger partial charge on any atom is -0.383 e. The quantitative estimate of drug-likeness (QED) is 0.885.